The molecule has 1 aliphatic carbocycles. The second-order valence-electron chi connectivity index (χ2n) is 14.2. The van der Waals surface area contributed by atoms with Crippen molar-refractivity contribution < 1.29 is 57.9 Å². The van der Waals surface area contributed by atoms with E-state index in [2.05, 4.69) is 0 Å². The molecule has 0 spiro atoms. The van der Waals surface area contributed by atoms with E-state index in [1.54, 1.807) is 24.3 Å². The fourth-order valence-corrected chi connectivity index (χ4v) is 8.06. The first kappa shape index (κ1) is 43.4. The SMILES string of the molecule is CCCOc1c2cccc1Cc1cc(C(O)P(=O)(O)O)cc(c1OCCC)Cc1cccc(c1OCCC)Cc1cc(C(O)P(=O)(O)O)cc(c1OCCC)C2. The molecule has 0 fully saturated rings. The van der Waals surface area contributed by atoms with Crippen LogP contribution in [-0.4, -0.2) is 56.2 Å². The molecule has 6 N–H and O–H groups in total. The molecule has 0 radical (unpaired) electrons. The van der Waals surface area contributed by atoms with Gasteiger partial charge in [0.05, 0.1) is 26.4 Å². The Hall–Kier alpha value is -3.70. The molecule has 0 aliphatic heterocycles. The minimum Gasteiger partial charge on any atom is -0.493 e. The van der Waals surface area contributed by atoms with Gasteiger partial charge < -0.3 is 48.7 Å². The molecule has 2 atom stereocenters. The van der Waals surface area contributed by atoms with Gasteiger partial charge in [0.15, 0.2) is 11.7 Å². The minimum absolute atomic E-state index is 0.0523. The molecule has 56 heavy (non-hydrogen) atoms. The monoisotopic (exact) mass is 812 g/mol. The van der Waals surface area contributed by atoms with Gasteiger partial charge in [-0.15, -0.1) is 0 Å². The number of rotatable bonds is 16. The number of fused-ring (bicyclic) bond motifs is 8. The molecular weight excluding hydrogens is 758 g/mol. The molecular formula is C42H54O12P2. The van der Waals surface area contributed by atoms with E-state index >= 15 is 0 Å². The van der Waals surface area contributed by atoms with E-state index in [9.17, 15) is 38.9 Å². The maximum Gasteiger partial charge on any atom is 0.358 e. The van der Waals surface area contributed by atoms with Gasteiger partial charge in [-0.3, -0.25) is 9.13 Å². The average Bonchev–Trinajstić information content (AvgIpc) is 3.14. The van der Waals surface area contributed by atoms with Crippen molar-refractivity contribution in [1.82, 2.24) is 0 Å². The van der Waals surface area contributed by atoms with E-state index < -0.39 is 26.9 Å². The van der Waals surface area contributed by atoms with Crippen molar-refractivity contribution in [2.24, 2.45) is 0 Å². The zero-order valence-corrected chi connectivity index (χ0v) is 34.2. The lowest BCUT2D eigenvalue weighted by Crippen LogP contribution is -2.12. The van der Waals surface area contributed by atoms with Crippen LogP contribution >= 0.6 is 15.2 Å². The summed E-state index contributed by atoms with van der Waals surface area (Å²) in [6.07, 6.45) is 3.64. The maximum atomic E-state index is 12.5. The van der Waals surface area contributed by atoms with Crippen molar-refractivity contribution in [2.45, 2.75) is 90.8 Å². The molecule has 14 heteroatoms. The highest BCUT2D eigenvalue weighted by Gasteiger charge is 2.32. The Labute approximate surface area is 328 Å². The number of ether oxygens (including phenoxy) is 4. The van der Waals surface area contributed by atoms with Crippen LogP contribution in [0.5, 0.6) is 23.0 Å². The molecule has 5 rings (SSSR count). The highest BCUT2D eigenvalue weighted by molar-refractivity contribution is 7.52. The summed E-state index contributed by atoms with van der Waals surface area (Å²) in [5.41, 5.74) is 5.46. The van der Waals surface area contributed by atoms with Crippen molar-refractivity contribution in [1.29, 1.82) is 0 Å². The quantitative estimate of drug-likeness (QED) is 0.0530. The van der Waals surface area contributed by atoms with Crippen molar-refractivity contribution >= 4 is 15.2 Å². The molecule has 0 amide bonds. The van der Waals surface area contributed by atoms with Gasteiger partial charge in [0.1, 0.15) is 23.0 Å². The number of benzene rings is 4. The van der Waals surface area contributed by atoms with E-state index in [0.29, 0.717) is 97.4 Å². The van der Waals surface area contributed by atoms with Crippen molar-refractivity contribution in [3.63, 3.8) is 0 Å². The standard InChI is InChI=1S/C42H54O12P2/c1-5-15-51-37-27-11-9-12-28(37)20-32-24-36(42(44)56(48,49)50)26-34(40(32)54-18-8-4)22-30-14-10-13-29(38(30)52-16-6-2)21-33-25-35(41(43)55(45,46)47)23-31(19-27)39(33)53-17-7-3/h9-14,23-26,41-44H,5-8,15-22H2,1-4H3,(H2,45,46,47)(H2,48,49,50). The molecule has 304 valence electrons. The lowest BCUT2D eigenvalue weighted by atomic mass is 9.89. The molecule has 0 aromatic heterocycles. The molecule has 0 heterocycles. The Kier molecular flexibility index (Phi) is 14.9. The number of hydrogen-bond acceptors (Lipinski definition) is 8. The molecule has 0 saturated carbocycles. The van der Waals surface area contributed by atoms with E-state index in [1.807, 2.05) is 64.1 Å². The summed E-state index contributed by atoms with van der Waals surface area (Å²) in [6, 6.07) is 17.7. The van der Waals surface area contributed by atoms with Crippen molar-refractivity contribution in [3.8, 4) is 23.0 Å². The number of hydrogen-bond donors (Lipinski definition) is 6. The van der Waals surface area contributed by atoms with E-state index in [1.165, 1.54) is 0 Å². The number of aliphatic hydroxyl groups excluding tert-OH is 2. The predicted molar refractivity (Wildman–Crippen MR) is 214 cm³/mol. The fraction of sp³-hybridized carbons (Fsp3) is 0.429. The van der Waals surface area contributed by atoms with Crippen LogP contribution in [0.2, 0.25) is 0 Å². The lowest BCUT2D eigenvalue weighted by molar-refractivity contribution is 0.205. The van der Waals surface area contributed by atoms with Crippen LogP contribution in [0.15, 0.2) is 60.7 Å². The van der Waals surface area contributed by atoms with Gasteiger partial charge in [0, 0.05) is 25.7 Å². The fourth-order valence-electron chi connectivity index (χ4n) is 6.99. The minimum atomic E-state index is -4.97. The smallest absolute Gasteiger partial charge is 0.358 e. The van der Waals surface area contributed by atoms with Gasteiger partial charge >= 0.3 is 15.2 Å². The summed E-state index contributed by atoms with van der Waals surface area (Å²) in [7, 11) is -9.94. The number of aliphatic hydroxyl groups is 2. The first-order valence-corrected chi connectivity index (χ1v) is 22.6. The third-order valence-corrected chi connectivity index (χ3v) is 11.3. The topological polar surface area (TPSA) is 192 Å². The number of para-hydroxylation sites is 2. The van der Waals surface area contributed by atoms with Gasteiger partial charge in [-0.25, -0.2) is 0 Å². The third-order valence-electron chi connectivity index (χ3n) is 9.45. The van der Waals surface area contributed by atoms with Gasteiger partial charge in [-0.1, -0.05) is 64.1 Å². The Morgan fingerprint density at radius 1 is 0.464 bits per heavy atom. The summed E-state index contributed by atoms with van der Waals surface area (Å²) in [6.45, 7) is 9.44. The van der Waals surface area contributed by atoms with E-state index in [4.69, 9.17) is 18.9 Å². The van der Waals surface area contributed by atoms with E-state index in [-0.39, 0.29) is 36.8 Å². The summed E-state index contributed by atoms with van der Waals surface area (Å²) < 4.78 is 50.8. The molecule has 4 aromatic rings. The Bertz CT molecular complexity index is 1830. The van der Waals surface area contributed by atoms with Gasteiger partial charge in [-0.2, -0.15) is 0 Å². The largest absolute Gasteiger partial charge is 0.493 e. The summed E-state index contributed by atoms with van der Waals surface area (Å²) in [5.74, 6) is -1.94. The molecule has 8 bridgehead atoms. The first-order chi connectivity index (χ1) is 26.7. The zero-order chi connectivity index (χ0) is 40.6. The van der Waals surface area contributed by atoms with Crippen molar-refractivity contribution in [3.05, 3.63) is 116 Å². The molecule has 2 unspecified atom stereocenters. The van der Waals surface area contributed by atoms with E-state index in [0.717, 1.165) is 22.3 Å². The lowest BCUT2D eigenvalue weighted by Gasteiger charge is -2.25. The molecule has 1 aliphatic rings. The predicted octanol–water partition coefficient (Wildman–Crippen LogP) is 7.86. The summed E-state index contributed by atoms with van der Waals surface area (Å²) in [4.78, 5) is 40.5. The first-order valence-electron chi connectivity index (χ1n) is 19.2. The van der Waals surface area contributed by atoms with Crippen LogP contribution in [-0.2, 0) is 34.8 Å². The highest BCUT2D eigenvalue weighted by Crippen LogP contribution is 2.52. The molecule has 12 nitrogen and oxygen atoms in total. The second kappa shape index (κ2) is 19.2. The van der Waals surface area contributed by atoms with Gasteiger partial charge in [0.25, 0.3) is 0 Å². The Balaban J connectivity index is 1.89. The van der Waals surface area contributed by atoms with Crippen LogP contribution in [0.3, 0.4) is 0 Å². The second-order valence-corrected chi connectivity index (χ2v) is 17.5. The van der Waals surface area contributed by atoms with Crippen molar-refractivity contribution in [2.75, 3.05) is 26.4 Å². The van der Waals surface area contributed by atoms with Crippen LogP contribution < -0.4 is 18.9 Å². The van der Waals surface area contributed by atoms with Crippen LogP contribution in [0.1, 0.15) is 121 Å². The van der Waals surface area contributed by atoms with Crippen LogP contribution in [0.4, 0.5) is 0 Å². The zero-order valence-electron chi connectivity index (χ0n) is 32.4. The van der Waals surface area contributed by atoms with Gasteiger partial charge in [0.2, 0.25) is 0 Å². The third kappa shape index (κ3) is 10.4. The Morgan fingerprint density at radius 3 is 0.911 bits per heavy atom. The maximum absolute atomic E-state index is 12.5. The Morgan fingerprint density at radius 2 is 0.696 bits per heavy atom. The normalized spacial score (nSPS) is 14.2. The highest BCUT2D eigenvalue weighted by atomic mass is 31.2. The van der Waals surface area contributed by atoms with Crippen LogP contribution in [0.25, 0.3) is 0 Å². The summed E-state index contributed by atoms with van der Waals surface area (Å²) in [5, 5.41) is 22.0. The average molecular weight is 813 g/mol. The molecule has 4 aromatic carbocycles. The van der Waals surface area contributed by atoms with Gasteiger partial charge in [-0.05, 0) is 106 Å². The molecule has 0 saturated heterocycles. The van der Waals surface area contributed by atoms with Crippen LogP contribution in [0, 0.1) is 0 Å². The summed E-state index contributed by atoms with van der Waals surface area (Å²) >= 11 is 0.